The van der Waals surface area contributed by atoms with Crippen LogP contribution in [0.3, 0.4) is 0 Å². The van der Waals surface area contributed by atoms with Gasteiger partial charge in [0.1, 0.15) is 5.82 Å². The molecule has 2 aromatic rings. The van der Waals surface area contributed by atoms with Gasteiger partial charge < -0.3 is 10.6 Å². The number of anilines is 2. The lowest BCUT2D eigenvalue weighted by atomic mass is 9.77. The van der Waals surface area contributed by atoms with E-state index in [1.165, 1.54) is 11.1 Å². The van der Waals surface area contributed by atoms with E-state index < -0.39 is 0 Å². The molecule has 0 saturated carbocycles. The van der Waals surface area contributed by atoms with E-state index in [2.05, 4.69) is 44.9 Å². The van der Waals surface area contributed by atoms with E-state index in [1.807, 2.05) is 20.2 Å². The van der Waals surface area contributed by atoms with E-state index >= 15 is 0 Å². The van der Waals surface area contributed by atoms with Gasteiger partial charge in [-0.15, -0.1) is 0 Å². The Morgan fingerprint density at radius 1 is 1.32 bits per heavy atom. The fourth-order valence-electron chi connectivity index (χ4n) is 2.51. The summed E-state index contributed by atoms with van der Waals surface area (Å²) in [5.74, 6) is 2.18. The third-order valence-electron chi connectivity index (χ3n) is 3.67. The van der Waals surface area contributed by atoms with Gasteiger partial charge in [-0.05, 0) is 24.5 Å². The van der Waals surface area contributed by atoms with Gasteiger partial charge in [-0.25, -0.2) is 4.98 Å². The summed E-state index contributed by atoms with van der Waals surface area (Å²) in [7, 11) is 1.83. The third kappa shape index (κ3) is 2.26. The van der Waals surface area contributed by atoms with Crippen molar-refractivity contribution in [1.82, 2.24) is 9.97 Å². The van der Waals surface area contributed by atoms with Crippen molar-refractivity contribution >= 4 is 11.8 Å². The number of rotatable bonds is 4. The molecule has 1 aliphatic rings. The Morgan fingerprint density at radius 2 is 2.16 bits per heavy atom. The molecule has 1 aliphatic carbocycles. The van der Waals surface area contributed by atoms with Gasteiger partial charge in [-0.1, -0.05) is 24.3 Å². The van der Waals surface area contributed by atoms with Crippen molar-refractivity contribution < 1.29 is 0 Å². The van der Waals surface area contributed by atoms with Crippen molar-refractivity contribution in [2.24, 2.45) is 0 Å². The zero-order valence-electron chi connectivity index (χ0n) is 11.3. The molecule has 4 heteroatoms. The van der Waals surface area contributed by atoms with E-state index in [4.69, 9.17) is 0 Å². The van der Waals surface area contributed by atoms with Crippen LogP contribution >= 0.6 is 0 Å². The first kappa shape index (κ1) is 12.0. The molecule has 2 N–H and O–H groups in total. The molecule has 1 aromatic carbocycles. The molecule has 0 saturated heterocycles. The molecule has 1 atom stereocenters. The zero-order chi connectivity index (χ0) is 13.2. The topological polar surface area (TPSA) is 49.8 Å². The second kappa shape index (κ2) is 4.88. The summed E-state index contributed by atoms with van der Waals surface area (Å²) in [4.78, 5) is 8.64. The summed E-state index contributed by atoms with van der Waals surface area (Å²) < 4.78 is 0. The number of benzene rings is 1. The van der Waals surface area contributed by atoms with Gasteiger partial charge >= 0.3 is 0 Å². The highest BCUT2D eigenvalue weighted by atomic mass is 15.1. The normalized spacial score (nSPS) is 16.4. The van der Waals surface area contributed by atoms with Crippen molar-refractivity contribution in [2.75, 3.05) is 24.2 Å². The van der Waals surface area contributed by atoms with Crippen LogP contribution < -0.4 is 10.6 Å². The Bertz CT molecular complexity index is 594. The van der Waals surface area contributed by atoms with Gasteiger partial charge in [0.2, 0.25) is 5.95 Å². The monoisotopic (exact) mass is 254 g/mol. The summed E-state index contributed by atoms with van der Waals surface area (Å²) in [6.45, 7) is 2.95. The average molecular weight is 254 g/mol. The number of hydrogen-bond donors (Lipinski definition) is 2. The van der Waals surface area contributed by atoms with Crippen LogP contribution in [0, 0.1) is 6.92 Å². The predicted octanol–water partition coefficient (Wildman–Crippen LogP) is 2.58. The first-order valence-electron chi connectivity index (χ1n) is 6.61. The average Bonchev–Trinajstić information content (AvgIpc) is 2.42. The van der Waals surface area contributed by atoms with Crippen LogP contribution in [0.2, 0.25) is 0 Å². The van der Waals surface area contributed by atoms with Crippen molar-refractivity contribution in [1.29, 1.82) is 0 Å². The molecule has 19 heavy (non-hydrogen) atoms. The van der Waals surface area contributed by atoms with E-state index in [0.717, 1.165) is 24.3 Å². The Hall–Kier alpha value is -2.10. The Labute approximate surface area is 113 Å². The van der Waals surface area contributed by atoms with Crippen molar-refractivity contribution in [2.45, 2.75) is 19.3 Å². The molecular weight excluding hydrogens is 236 g/mol. The number of nitrogens with zero attached hydrogens (tertiary/aromatic N) is 2. The third-order valence-corrected chi connectivity index (χ3v) is 3.67. The number of fused-ring (bicyclic) bond motifs is 1. The highest BCUT2D eigenvalue weighted by molar-refractivity contribution is 5.48. The quantitative estimate of drug-likeness (QED) is 0.880. The molecule has 0 bridgehead atoms. The molecular formula is C15H18N4. The minimum absolute atomic E-state index is 0.601. The SMILES string of the molecule is CNc1ncc(C)c(NCC2Cc3ccccc32)n1. The molecule has 1 unspecified atom stereocenters. The summed E-state index contributed by atoms with van der Waals surface area (Å²) in [6.07, 6.45) is 3.00. The fraction of sp³-hybridized carbons (Fsp3) is 0.333. The lowest BCUT2D eigenvalue weighted by molar-refractivity contribution is 0.634. The Kier molecular flexibility index (Phi) is 3.07. The number of aromatic nitrogens is 2. The fourth-order valence-corrected chi connectivity index (χ4v) is 2.51. The summed E-state index contributed by atoms with van der Waals surface area (Å²) in [5, 5.41) is 6.40. The summed E-state index contributed by atoms with van der Waals surface area (Å²) >= 11 is 0. The maximum absolute atomic E-state index is 4.44. The summed E-state index contributed by atoms with van der Waals surface area (Å²) in [5.41, 5.74) is 4.02. The maximum atomic E-state index is 4.44. The lowest BCUT2D eigenvalue weighted by Gasteiger charge is -2.30. The van der Waals surface area contributed by atoms with Gasteiger partial charge in [0.25, 0.3) is 0 Å². The Morgan fingerprint density at radius 3 is 2.95 bits per heavy atom. The van der Waals surface area contributed by atoms with Gasteiger partial charge in [0, 0.05) is 31.3 Å². The second-order valence-corrected chi connectivity index (χ2v) is 4.96. The molecule has 0 amide bonds. The molecule has 0 fully saturated rings. The van der Waals surface area contributed by atoms with Crippen LogP contribution in [-0.4, -0.2) is 23.6 Å². The number of nitrogens with one attached hydrogen (secondary N) is 2. The van der Waals surface area contributed by atoms with Gasteiger partial charge in [0.05, 0.1) is 0 Å². The minimum Gasteiger partial charge on any atom is -0.369 e. The number of hydrogen-bond acceptors (Lipinski definition) is 4. The molecule has 1 aromatic heterocycles. The highest BCUT2D eigenvalue weighted by Crippen LogP contribution is 2.34. The smallest absolute Gasteiger partial charge is 0.224 e. The molecule has 3 rings (SSSR count). The van der Waals surface area contributed by atoms with Gasteiger partial charge in [0.15, 0.2) is 0 Å². The van der Waals surface area contributed by atoms with Crippen molar-refractivity contribution in [3.05, 3.63) is 47.2 Å². The summed E-state index contributed by atoms with van der Waals surface area (Å²) in [6, 6.07) is 8.65. The van der Waals surface area contributed by atoms with Crippen molar-refractivity contribution in [3.8, 4) is 0 Å². The highest BCUT2D eigenvalue weighted by Gasteiger charge is 2.25. The first-order chi connectivity index (χ1) is 9.28. The van der Waals surface area contributed by atoms with Crippen LogP contribution in [-0.2, 0) is 6.42 Å². The molecule has 4 nitrogen and oxygen atoms in total. The number of aryl methyl sites for hydroxylation is 1. The van der Waals surface area contributed by atoms with E-state index in [1.54, 1.807) is 0 Å². The standard InChI is InChI=1S/C15H18N4/c1-10-8-18-15(16-2)19-14(10)17-9-12-7-11-5-3-4-6-13(11)12/h3-6,8,12H,7,9H2,1-2H3,(H2,16,17,18,19). The Balaban J connectivity index is 1.68. The zero-order valence-corrected chi connectivity index (χ0v) is 11.3. The van der Waals surface area contributed by atoms with Crippen molar-refractivity contribution in [3.63, 3.8) is 0 Å². The van der Waals surface area contributed by atoms with E-state index in [9.17, 15) is 0 Å². The first-order valence-corrected chi connectivity index (χ1v) is 6.61. The molecule has 0 radical (unpaired) electrons. The van der Waals surface area contributed by atoms with Gasteiger partial charge in [-0.3, -0.25) is 0 Å². The predicted molar refractivity (Wildman–Crippen MR) is 77.7 cm³/mol. The van der Waals surface area contributed by atoms with Crippen LogP contribution in [0.15, 0.2) is 30.5 Å². The minimum atomic E-state index is 0.601. The molecule has 98 valence electrons. The second-order valence-electron chi connectivity index (χ2n) is 4.96. The van der Waals surface area contributed by atoms with Crippen LogP contribution in [0.5, 0.6) is 0 Å². The maximum Gasteiger partial charge on any atom is 0.224 e. The van der Waals surface area contributed by atoms with Crippen LogP contribution in [0.1, 0.15) is 22.6 Å². The van der Waals surface area contributed by atoms with Gasteiger partial charge in [-0.2, -0.15) is 4.98 Å². The molecule has 1 heterocycles. The molecule has 0 spiro atoms. The molecule has 0 aliphatic heterocycles. The largest absolute Gasteiger partial charge is 0.369 e. The van der Waals surface area contributed by atoms with E-state index in [-0.39, 0.29) is 0 Å². The van der Waals surface area contributed by atoms with Crippen LogP contribution in [0.25, 0.3) is 0 Å². The lowest BCUT2D eigenvalue weighted by Crippen LogP contribution is -2.24. The van der Waals surface area contributed by atoms with Crippen LogP contribution in [0.4, 0.5) is 11.8 Å². The van der Waals surface area contributed by atoms with E-state index in [0.29, 0.717) is 11.9 Å².